The molecule has 6 heteroatoms. The Bertz CT molecular complexity index is 797. The molecular weight excluding hydrogens is 282 g/mol. The maximum atomic E-state index is 4.46. The molecule has 108 valence electrons. The van der Waals surface area contributed by atoms with Gasteiger partial charge in [0.25, 0.3) is 0 Å². The number of aromatic nitrogens is 4. The van der Waals surface area contributed by atoms with Gasteiger partial charge in [0.2, 0.25) is 0 Å². The number of rotatable bonds is 2. The number of aryl methyl sites for hydroxylation is 4. The van der Waals surface area contributed by atoms with Gasteiger partial charge in [-0.05, 0) is 38.2 Å². The lowest BCUT2D eigenvalue weighted by Gasteiger charge is -2.11. The van der Waals surface area contributed by atoms with Gasteiger partial charge in [0.15, 0.2) is 5.82 Å². The normalized spacial score (nSPS) is 14.4. The summed E-state index contributed by atoms with van der Waals surface area (Å²) in [5.41, 5.74) is 2.56. The molecule has 1 aliphatic rings. The second-order valence-electron chi connectivity index (χ2n) is 5.53. The maximum Gasteiger partial charge on any atom is 0.153 e. The SMILES string of the molecule is Cc1cc(Nc2ncnc3sc4c(c23)CCCC4)nn1C. The van der Waals surface area contributed by atoms with Gasteiger partial charge < -0.3 is 5.32 Å². The van der Waals surface area contributed by atoms with E-state index in [1.54, 1.807) is 6.33 Å². The molecule has 21 heavy (non-hydrogen) atoms. The van der Waals surface area contributed by atoms with Gasteiger partial charge in [0.05, 0.1) is 5.39 Å². The molecule has 0 aliphatic heterocycles. The van der Waals surface area contributed by atoms with Gasteiger partial charge in [0, 0.05) is 23.7 Å². The Morgan fingerprint density at radius 1 is 1.24 bits per heavy atom. The van der Waals surface area contributed by atoms with Crippen molar-refractivity contribution >= 4 is 33.2 Å². The highest BCUT2D eigenvalue weighted by atomic mass is 32.1. The van der Waals surface area contributed by atoms with Crippen LogP contribution >= 0.6 is 11.3 Å². The summed E-state index contributed by atoms with van der Waals surface area (Å²) >= 11 is 1.82. The van der Waals surface area contributed by atoms with E-state index in [0.717, 1.165) is 28.6 Å². The summed E-state index contributed by atoms with van der Waals surface area (Å²) < 4.78 is 1.86. The fourth-order valence-electron chi connectivity index (χ4n) is 2.93. The molecule has 0 radical (unpaired) electrons. The molecule has 3 aromatic heterocycles. The van der Waals surface area contributed by atoms with Crippen LogP contribution in [0.25, 0.3) is 10.2 Å². The van der Waals surface area contributed by atoms with Crippen LogP contribution in [0.5, 0.6) is 0 Å². The molecule has 1 N–H and O–H groups in total. The number of nitrogens with zero attached hydrogens (tertiary/aromatic N) is 4. The fraction of sp³-hybridized carbons (Fsp3) is 0.400. The van der Waals surface area contributed by atoms with Gasteiger partial charge in [-0.2, -0.15) is 5.10 Å². The third-order valence-corrected chi connectivity index (χ3v) is 5.31. The van der Waals surface area contributed by atoms with E-state index in [9.17, 15) is 0 Å². The van der Waals surface area contributed by atoms with Gasteiger partial charge in [-0.25, -0.2) is 9.97 Å². The molecule has 0 fully saturated rings. The van der Waals surface area contributed by atoms with E-state index in [-0.39, 0.29) is 0 Å². The van der Waals surface area contributed by atoms with Crippen molar-refractivity contribution in [3.8, 4) is 0 Å². The minimum atomic E-state index is 0.839. The number of anilines is 2. The van der Waals surface area contributed by atoms with Crippen molar-refractivity contribution in [3.05, 3.63) is 28.5 Å². The second kappa shape index (κ2) is 4.80. The molecule has 5 nitrogen and oxygen atoms in total. The second-order valence-corrected chi connectivity index (χ2v) is 6.62. The lowest BCUT2D eigenvalue weighted by molar-refractivity contribution is 0.700. The Balaban J connectivity index is 1.82. The van der Waals surface area contributed by atoms with Crippen LogP contribution in [0.15, 0.2) is 12.4 Å². The lowest BCUT2D eigenvalue weighted by Crippen LogP contribution is -2.01. The number of hydrogen-bond donors (Lipinski definition) is 1. The van der Waals surface area contributed by atoms with E-state index in [4.69, 9.17) is 0 Å². The summed E-state index contributed by atoms with van der Waals surface area (Å²) in [5.74, 6) is 1.73. The van der Waals surface area contributed by atoms with Crippen LogP contribution in [-0.2, 0) is 19.9 Å². The first-order valence-electron chi connectivity index (χ1n) is 7.25. The van der Waals surface area contributed by atoms with Crippen LogP contribution in [-0.4, -0.2) is 19.7 Å². The number of nitrogens with one attached hydrogen (secondary N) is 1. The highest BCUT2D eigenvalue weighted by Gasteiger charge is 2.20. The minimum Gasteiger partial charge on any atom is -0.323 e. The van der Waals surface area contributed by atoms with Gasteiger partial charge in [-0.15, -0.1) is 11.3 Å². The molecule has 0 bridgehead atoms. The first kappa shape index (κ1) is 12.8. The molecule has 3 heterocycles. The summed E-state index contributed by atoms with van der Waals surface area (Å²) in [6, 6.07) is 2.03. The molecule has 4 rings (SSSR count). The molecular formula is C15H17N5S. The number of thiophene rings is 1. The van der Waals surface area contributed by atoms with E-state index in [2.05, 4.69) is 20.4 Å². The summed E-state index contributed by atoms with van der Waals surface area (Å²) in [4.78, 5) is 11.5. The topological polar surface area (TPSA) is 55.6 Å². The highest BCUT2D eigenvalue weighted by Crippen LogP contribution is 2.38. The smallest absolute Gasteiger partial charge is 0.153 e. The summed E-state index contributed by atoms with van der Waals surface area (Å²) in [6.45, 7) is 2.04. The van der Waals surface area contributed by atoms with E-state index < -0.39 is 0 Å². The zero-order chi connectivity index (χ0) is 14.4. The maximum absolute atomic E-state index is 4.46. The van der Waals surface area contributed by atoms with Crippen LogP contribution in [0.3, 0.4) is 0 Å². The van der Waals surface area contributed by atoms with E-state index in [1.165, 1.54) is 35.1 Å². The molecule has 3 aromatic rings. The summed E-state index contributed by atoms with van der Waals surface area (Å²) in [7, 11) is 1.95. The Kier molecular flexibility index (Phi) is 2.92. The van der Waals surface area contributed by atoms with Crippen LogP contribution in [0.2, 0.25) is 0 Å². The first-order chi connectivity index (χ1) is 10.2. The monoisotopic (exact) mass is 299 g/mol. The lowest BCUT2D eigenvalue weighted by atomic mass is 9.97. The molecule has 0 atom stereocenters. The van der Waals surface area contributed by atoms with Crippen molar-refractivity contribution in [1.82, 2.24) is 19.7 Å². The largest absolute Gasteiger partial charge is 0.323 e. The van der Waals surface area contributed by atoms with Gasteiger partial charge in [-0.1, -0.05) is 0 Å². The third kappa shape index (κ3) is 2.10. The van der Waals surface area contributed by atoms with Gasteiger partial charge in [0.1, 0.15) is 17.0 Å². The summed E-state index contributed by atoms with van der Waals surface area (Å²) in [5, 5.41) is 9.02. The van der Waals surface area contributed by atoms with Crippen LogP contribution in [0.1, 0.15) is 29.0 Å². The Labute approximate surface area is 127 Å². The Morgan fingerprint density at radius 2 is 2.10 bits per heavy atom. The predicted molar refractivity (Wildman–Crippen MR) is 85.3 cm³/mol. The average Bonchev–Trinajstić information content (AvgIpc) is 3.00. The number of hydrogen-bond acceptors (Lipinski definition) is 5. The quantitative estimate of drug-likeness (QED) is 0.788. The molecule has 0 aromatic carbocycles. The zero-order valence-electron chi connectivity index (χ0n) is 12.2. The zero-order valence-corrected chi connectivity index (χ0v) is 13.0. The van der Waals surface area contributed by atoms with Crippen LogP contribution in [0.4, 0.5) is 11.6 Å². The molecule has 0 amide bonds. The molecule has 0 spiro atoms. The van der Waals surface area contributed by atoms with Crippen molar-refractivity contribution in [2.24, 2.45) is 7.05 Å². The third-order valence-electron chi connectivity index (χ3n) is 4.11. The first-order valence-corrected chi connectivity index (χ1v) is 8.07. The van der Waals surface area contributed by atoms with Crippen molar-refractivity contribution in [3.63, 3.8) is 0 Å². The highest BCUT2D eigenvalue weighted by molar-refractivity contribution is 7.19. The van der Waals surface area contributed by atoms with Gasteiger partial charge >= 0.3 is 0 Å². The molecule has 0 saturated carbocycles. The molecule has 0 saturated heterocycles. The van der Waals surface area contributed by atoms with Crippen LogP contribution < -0.4 is 5.32 Å². The fourth-order valence-corrected chi connectivity index (χ4v) is 4.16. The van der Waals surface area contributed by atoms with Crippen molar-refractivity contribution in [1.29, 1.82) is 0 Å². The van der Waals surface area contributed by atoms with Crippen molar-refractivity contribution < 1.29 is 0 Å². The van der Waals surface area contributed by atoms with E-state index in [1.807, 2.05) is 36.1 Å². The minimum absolute atomic E-state index is 0.839. The van der Waals surface area contributed by atoms with Crippen LogP contribution in [0, 0.1) is 6.92 Å². The van der Waals surface area contributed by atoms with Crippen molar-refractivity contribution in [2.45, 2.75) is 32.6 Å². The summed E-state index contributed by atoms with van der Waals surface area (Å²) in [6.07, 6.45) is 6.50. The molecule has 0 unspecified atom stereocenters. The van der Waals surface area contributed by atoms with Gasteiger partial charge in [-0.3, -0.25) is 4.68 Å². The standard InChI is InChI=1S/C15H17N5S/c1-9-7-12(19-20(9)2)18-14-13-10-5-3-4-6-11(10)21-15(13)17-8-16-14/h7-8H,3-6H2,1-2H3,(H,16,17,18,19). The predicted octanol–water partition coefficient (Wildman–Crippen LogP) is 3.36. The van der Waals surface area contributed by atoms with E-state index >= 15 is 0 Å². The van der Waals surface area contributed by atoms with Crippen molar-refractivity contribution in [2.75, 3.05) is 5.32 Å². The number of fused-ring (bicyclic) bond motifs is 3. The Hall–Kier alpha value is -1.95. The van der Waals surface area contributed by atoms with E-state index in [0.29, 0.717) is 0 Å². The average molecular weight is 299 g/mol. The Morgan fingerprint density at radius 3 is 2.90 bits per heavy atom. The molecule has 1 aliphatic carbocycles.